The highest BCUT2D eigenvalue weighted by Crippen LogP contribution is 2.29. The van der Waals surface area contributed by atoms with Gasteiger partial charge in [0.1, 0.15) is 16.3 Å². The summed E-state index contributed by atoms with van der Waals surface area (Å²) >= 11 is 0. The molecule has 1 unspecified atom stereocenters. The summed E-state index contributed by atoms with van der Waals surface area (Å²) in [7, 11) is -2.06. The second-order valence-corrected chi connectivity index (χ2v) is 7.52. The van der Waals surface area contributed by atoms with Crippen molar-refractivity contribution in [3.8, 4) is 5.75 Å². The average molecular weight is 352 g/mol. The highest BCUT2D eigenvalue weighted by molar-refractivity contribution is 7.89. The van der Waals surface area contributed by atoms with Gasteiger partial charge in [-0.15, -0.1) is 0 Å². The van der Waals surface area contributed by atoms with Gasteiger partial charge in [-0.3, -0.25) is 0 Å². The van der Waals surface area contributed by atoms with Gasteiger partial charge in [0.2, 0.25) is 10.0 Å². The lowest BCUT2D eigenvalue weighted by Gasteiger charge is -2.32. The third kappa shape index (κ3) is 3.04. The fourth-order valence-electron chi connectivity index (χ4n) is 2.84. The summed E-state index contributed by atoms with van der Waals surface area (Å²) in [6.45, 7) is 4.12. The number of sulfonamides is 1. The molecule has 3 rings (SSSR count). The van der Waals surface area contributed by atoms with Gasteiger partial charge in [-0.1, -0.05) is 17.3 Å². The molecule has 0 aliphatic carbocycles. The second kappa shape index (κ2) is 6.54. The Morgan fingerprint density at radius 3 is 2.54 bits per heavy atom. The van der Waals surface area contributed by atoms with Crippen LogP contribution in [0.2, 0.25) is 0 Å². The van der Waals surface area contributed by atoms with Crippen molar-refractivity contribution in [1.29, 1.82) is 0 Å². The van der Waals surface area contributed by atoms with E-state index >= 15 is 0 Å². The Labute approximate surface area is 141 Å². The van der Waals surface area contributed by atoms with Crippen LogP contribution in [0.1, 0.15) is 23.1 Å². The van der Waals surface area contributed by atoms with Crippen molar-refractivity contribution in [2.45, 2.75) is 24.8 Å². The quantitative estimate of drug-likeness (QED) is 0.838. The molecule has 0 bridgehead atoms. The zero-order valence-corrected chi connectivity index (χ0v) is 14.7. The summed E-state index contributed by atoms with van der Waals surface area (Å²) in [5, 5.41) is 3.75. The second-order valence-electron chi connectivity index (χ2n) is 5.65. The molecule has 0 N–H and O–H groups in total. The van der Waals surface area contributed by atoms with Gasteiger partial charge < -0.3 is 14.0 Å². The summed E-state index contributed by atoms with van der Waals surface area (Å²) < 4.78 is 43.2. The maximum absolute atomic E-state index is 12.9. The van der Waals surface area contributed by atoms with Gasteiger partial charge in [0.15, 0.2) is 5.76 Å². The Hall–Kier alpha value is -1.90. The number of ether oxygens (including phenoxy) is 2. The van der Waals surface area contributed by atoms with Crippen molar-refractivity contribution in [3.05, 3.63) is 41.3 Å². The van der Waals surface area contributed by atoms with E-state index in [4.69, 9.17) is 14.0 Å². The molecule has 2 aromatic rings. The SMILES string of the molecule is COc1ccc(C2CN(S(=O)(=O)c3c(C)noc3C)CCO2)cc1. The maximum atomic E-state index is 12.9. The molecule has 1 saturated heterocycles. The number of hydrogen-bond donors (Lipinski definition) is 0. The molecule has 1 aromatic heterocycles. The van der Waals surface area contributed by atoms with E-state index in [-0.39, 0.29) is 17.5 Å². The van der Waals surface area contributed by atoms with Crippen LogP contribution >= 0.6 is 0 Å². The Bertz CT molecular complexity index is 794. The summed E-state index contributed by atoms with van der Waals surface area (Å²) in [5.74, 6) is 1.05. The van der Waals surface area contributed by atoms with Crippen LogP contribution < -0.4 is 4.74 Å². The zero-order valence-electron chi connectivity index (χ0n) is 13.9. The van der Waals surface area contributed by atoms with Crippen molar-refractivity contribution in [2.24, 2.45) is 0 Å². The van der Waals surface area contributed by atoms with E-state index in [0.717, 1.165) is 11.3 Å². The largest absolute Gasteiger partial charge is 0.497 e. The summed E-state index contributed by atoms with van der Waals surface area (Å²) in [5.41, 5.74) is 1.29. The van der Waals surface area contributed by atoms with E-state index in [2.05, 4.69) is 5.16 Å². The predicted molar refractivity (Wildman–Crippen MR) is 86.4 cm³/mol. The van der Waals surface area contributed by atoms with E-state index in [1.165, 1.54) is 4.31 Å². The third-order valence-corrected chi connectivity index (χ3v) is 6.19. The predicted octanol–water partition coefficient (Wildman–Crippen LogP) is 2.06. The molecule has 0 amide bonds. The molecule has 1 atom stereocenters. The topological polar surface area (TPSA) is 81.9 Å². The smallest absolute Gasteiger partial charge is 0.248 e. The van der Waals surface area contributed by atoms with Crippen LogP contribution in [0.4, 0.5) is 0 Å². The van der Waals surface area contributed by atoms with Crippen LogP contribution in [0.3, 0.4) is 0 Å². The Morgan fingerprint density at radius 2 is 1.96 bits per heavy atom. The van der Waals surface area contributed by atoms with Crippen LogP contribution in [0, 0.1) is 13.8 Å². The van der Waals surface area contributed by atoms with Gasteiger partial charge in [-0.2, -0.15) is 4.31 Å². The summed E-state index contributed by atoms with van der Waals surface area (Å²) in [6, 6.07) is 7.44. The maximum Gasteiger partial charge on any atom is 0.248 e. The van der Waals surface area contributed by atoms with Crippen molar-refractivity contribution < 1.29 is 22.4 Å². The monoisotopic (exact) mass is 352 g/mol. The van der Waals surface area contributed by atoms with Crippen LogP contribution in [-0.2, 0) is 14.8 Å². The molecule has 130 valence electrons. The first-order chi connectivity index (χ1) is 11.4. The first-order valence-electron chi connectivity index (χ1n) is 7.62. The molecular weight excluding hydrogens is 332 g/mol. The lowest BCUT2D eigenvalue weighted by molar-refractivity contribution is -0.00260. The number of aromatic nitrogens is 1. The van der Waals surface area contributed by atoms with Crippen molar-refractivity contribution in [1.82, 2.24) is 9.46 Å². The van der Waals surface area contributed by atoms with Crippen LogP contribution in [0.15, 0.2) is 33.7 Å². The minimum Gasteiger partial charge on any atom is -0.497 e. The number of hydrogen-bond acceptors (Lipinski definition) is 6. The highest BCUT2D eigenvalue weighted by atomic mass is 32.2. The van der Waals surface area contributed by atoms with E-state index in [1.54, 1.807) is 21.0 Å². The van der Waals surface area contributed by atoms with Gasteiger partial charge in [0, 0.05) is 13.1 Å². The van der Waals surface area contributed by atoms with Crippen LogP contribution in [0.5, 0.6) is 5.75 Å². The zero-order chi connectivity index (χ0) is 17.3. The molecule has 8 heteroatoms. The van der Waals surface area contributed by atoms with Crippen LogP contribution in [-0.4, -0.2) is 44.7 Å². The van der Waals surface area contributed by atoms with Crippen molar-refractivity contribution >= 4 is 10.0 Å². The minimum atomic E-state index is -3.66. The van der Waals surface area contributed by atoms with E-state index in [0.29, 0.717) is 24.6 Å². The first kappa shape index (κ1) is 16.9. The molecule has 1 aliphatic rings. The van der Waals surface area contributed by atoms with E-state index < -0.39 is 10.0 Å². The lowest BCUT2D eigenvalue weighted by Crippen LogP contribution is -2.42. The van der Waals surface area contributed by atoms with Gasteiger partial charge in [-0.25, -0.2) is 8.42 Å². The molecule has 0 saturated carbocycles. The third-order valence-electron chi connectivity index (χ3n) is 4.08. The van der Waals surface area contributed by atoms with Gasteiger partial charge in [0.25, 0.3) is 0 Å². The fourth-order valence-corrected chi connectivity index (χ4v) is 4.55. The molecule has 24 heavy (non-hydrogen) atoms. The van der Waals surface area contributed by atoms with E-state index in [9.17, 15) is 8.42 Å². The highest BCUT2D eigenvalue weighted by Gasteiger charge is 2.35. The van der Waals surface area contributed by atoms with Gasteiger partial charge in [-0.05, 0) is 31.5 Å². The normalized spacial score (nSPS) is 19.4. The van der Waals surface area contributed by atoms with E-state index in [1.807, 2.05) is 24.3 Å². The standard InChI is InChI=1S/C16H20N2O5S/c1-11-16(12(2)23-17-11)24(19,20)18-8-9-22-15(10-18)13-4-6-14(21-3)7-5-13/h4-7,15H,8-10H2,1-3H3. The molecule has 1 aromatic carbocycles. The number of rotatable bonds is 4. The molecule has 0 radical (unpaired) electrons. The lowest BCUT2D eigenvalue weighted by atomic mass is 10.1. The number of nitrogens with zero attached hydrogens (tertiary/aromatic N) is 2. The molecule has 1 fully saturated rings. The van der Waals surface area contributed by atoms with Crippen LogP contribution in [0.25, 0.3) is 0 Å². The van der Waals surface area contributed by atoms with Crippen molar-refractivity contribution in [2.75, 3.05) is 26.8 Å². The van der Waals surface area contributed by atoms with Gasteiger partial charge >= 0.3 is 0 Å². The minimum absolute atomic E-state index is 0.151. The Kier molecular flexibility index (Phi) is 4.62. The summed E-state index contributed by atoms with van der Waals surface area (Å²) in [6.07, 6.45) is -0.320. The molecule has 2 heterocycles. The number of morpholine rings is 1. The fraction of sp³-hybridized carbons (Fsp3) is 0.438. The molecule has 1 aliphatic heterocycles. The summed E-state index contributed by atoms with van der Waals surface area (Å²) in [4.78, 5) is 0.151. The average Bonchev–Trinajstić information content (AvgIpc) is 2.94. The Balaban J connectivity index is 1.85. The molecule has 7 nitrogen and oxygen atoms in total. The van der Waals surface area contributed by atoms with Crippen molar-refractivity contribution in [3.63, 3.8) is 0 Å². The Morgan fingerprint density at radius 1 is 1.25 bits per heavy atom. The first-order valence-corrected chi connectivity index (χ1v) is 9.06. The number of aryl methyl sites for hydroxylation is 2. The molecule has 0 spiro atoms. The van der Waals surface area contributed by atoms with Gasteiger partial charge in [0.05, 0.1) is 19.8 Å². The molecular formula is C16H20N2O5S. The number of benzene rings is 1. The number of methoxy groups -OCH3 is 1.